The largest absolute Gasteiger partial charge is 0.460 e. The number of hydrogen-bond acceptors (Lipinski definition) is 7. The molecular formula is C26H29N3O4S. The second kappa shape index (κ2) is 12.2. The van der Waals surface area contributed by atoms with E-state index in [9.17, 15) is 9.59 Å². The number of rotatable bonds is 8. The summed E-state index contributed by atoms with van der Waals surface area (Å²) < 4.78 is 6.93. The summed E-state index contributed by atoms with van der Waals surface area (Å²) in [4.78, 5) is 32.2. The highest BCUT2D eigenvalue weighted by Crippen LogP contribution is 2.28. The van der Waals surface area contributed by atoms with E-state index in [-0.39, 0.29) is 6.61 Å². The van der Waals surface area contributed by atoms with Crippen LogP contribution < -0.4 is 10.6 Å². The van der Waals surface area contributed by atoms with Gasteiger partial charge in [-0.3, -0.25) is 9.78 Å². The second-order valence-corrected chi connectivity index (χ2v) is 8.57. The van der Waals surface area contributed by atoms with E-state index in [0.29, 0.717) is 12.0 Å². The van der Waals surface area contributed by atoms with Crippen LogP contribution in [0.1, 0.15) is 11.3 Å². The number of pyridine rings is 1. The number of para-hydroxylation sites is 1. The van der Waals surface area contributed by atoms with Crippen molar-refractivity contribution in [3.63, 3.8) is 0 Å². The third kappa shape index (κ3) is 5.76. The van der Waals surface area contributed by atoms with E-state index in [1.165, 1.54) is 22.5 Å². The Morgan fingerprint density at radius 1 is 1.12 bits per heavy atom. The summed E-state index contributed by atoms with van der Waals surface area (Å²) in [7, 11) is 1.68. The van der Waals surface area contributed by atoms with Crippen molar-refractivity contribution >= 4 is 45.8 Å². The summed E-state index contributed by atoms with van der Waals surface area (Å²) in [6, 6.07) is 18.7. The van der Waals surface area contributed by atoms with Crippen LogP contribution in [0.2, 0.25) is 0 Å². The van der Waals surface area contributed by atoms with Gasteiger partial charge in [-0.15, -0.1) is 0 Å². The molecule has 4 rings (SSSR count). The van der Waals surface area contributed by atoms with Gasteiger partial charge in [0.15, 0.2) is 0 Å². The number of esters is 1. The van der Waals surface area contributed by atoms with Crippen molar-refractivity contribution in [1.29, 1.82) is 0 Å². The van der Waals surface area contributed by atoms with Crippen LogP contribution in [-0.2, 0) is 20.9 Å². The number of benzene rings is 2. The minimum absolute atomic E-state index is 0.179. The van der Waals surface area contributed by atoms with Crippen LogP contribution in [0.4, 0.5) is 0 Å². The molecule has 2 atom stereocenters. The number of thioether (sulfide) groups is 1. The molecule has 0 radical (unpaired) electrons. The highest BCUT2D eigenvalue weighted by Gasteiger charge is 2.25. The molecule has 0 aliphatic heterocycles. The summed E-state index contributed by atoms with van der Waals surface area (Å²) in [6.07, 6.45) is 4.41. The molecule has 4 aromatic rings. The Kier molecular flexibility index (Phi) is 9.07. The number of ether oxygens (including phenoxy) is 1. The number of aryl methyl sites for hydroxylation is 1. The van der Waals surface area contributed by atoms with Crippen LogP contribution in [0, 0.1) is 12.8 Å². The van der Waals surface area contributed by atoms with Gasteiger partial charge in [0, 0.05) is 28.6 Å². The predicted octanol–water partition coefficient (Wildman–Crippen LogP) is 3.79. The number of fused-ring (bicyclic) bond motifs is 3. The van der Waals surface area contributed by atoms with Gasteiger partial charge in [0.25, 0.3) is 0 Å². The molecule has 0 aliphatic rings. The topological polar surface area (TPSA) is 96.4 Å². The van der Waals surface area contributed by atoms with Gasteiger partial charge in [-0.1, -0.05) is 48.5 Å². The lowest BCUT2D eigenvalue weighted by atomic mass is 10.1. The van der Waals surface area contributed by atoms with Crippen molar-refractivity contribution < 1.29 is 19.2 Å². The third-order valence-corrected chi connectivity index (χ3v) is 6.12. The van der Waals surface area contributed by atoms with Crippen LogP contribution in [0.15, 0.2) is 66.9 Å². The molecule has 0 bridgehead atoms. The zero-order valence-corrected chi connectivity index (χ0v) is 20.3. The highest BCUT2D eigenvalue weighted by atomic mass is 32.2. The maximum atomic E-state index is 11.7. The lowest BCUT2D eigenvalue weighted by Gasteiger charge is -2.16. The molecule has 2 aromatic carbocycles. The summed E-state index contributed by atoms with van der Waals surface area (Å²) >= 11 is 1.48. The first kappa shape index (κ1) is 25.3. The maximum Gasteiger partial charge on any atom is 0.324 e. The van der Waals surface area contributed by atoms with Crippen molar-refractivity contribution in [2.75, 3.05) is 19.1 Å². The van der Waals surface area contributed by atoms with Crippen LogP contribution in [0.5, 0.6) is 0 Å². The molecular weight excluding hydrogens is 450 g/mol. The van der Waals surface area contributed by atoms with E-state index >= 15 is 0 Å². The Hall–Kier alpha value is -3.36. The minimum Gasteiger partial charge on any atom is -0.460 e. The van der Waals surface area contributed by atoms with Gasteiger partial charge in [-0.2, -0.15) is 16.5 Å². The average Bonchev–Trinajstić information content (AvgIpc) is 3.21. The Labute approximate surface area is 203 Å². The van der Waals surface area contributed by atoms with E-state index in [0.717, 1.165) is 22.3 Å². The number of hydrogen-bond donors (Lipinski definition) is 1. The Balaban J connectivity index is 0.000000191. The molecule has 2 heterocycles. The minimum atomic E-state index is -0.890. The van der Waals surface area contributed by atoms with E-state index in [1.807, 2.05) is 72.6 Å². The number of carbonyl (C=O) groups is 2. The average molecular weight is 480 g/mol. The van der Waals surface area contributed by atoms with Crippen LogP contribution >= 0.6 is 11.8 Å². The van der Waals surface area contributed by atoms with Gasteiger partial charge >= 0.3 is 5.97 Å². The third-order valence-electron chi connectivity index (χ3n) is 5.40. The van der Waals surface area contributed by atoms with Gasteiger partial charge in [0.05, 0.1) is 11.2 Å². The smallest absolute Gasteiger partial charge is 0.324 e. The summed E-state index contributed by atoms with van der Waals surface area (Å²) in [6.45, 7) is 2.18. The SMILES string of the molecule is COn1c2ccccc2c2ccnc(C)c21.CSCC(C=O)C(N)C(=O)OCc1ccccc1. The van der Waals surface area contributed by atoms with Gasteiger partial charge in [0.1, 0.15) is 31.6 Å². The number of carbonyl (C=O) groups excluding carboxylic acids is 2. The molecule has 0 amide bonds. The highest BCUT2D eigenvalue weighted by molar-refractivity contribution is 7.98. The lowest BCUT2D eigenvalue weighted by Crippen LogP contribution is -2.41. The van der Waals surface area contributed by atoms with Gasteiger partial charge in [-0.05, 0) is 30.9 Å². The molecule has 0 fully saturated rings. The number of aldehydes is 1. The molecule has 8 heteroatoms. The molecule has 0 spiro atoms. The van der Waals surface area contributed by atoms with Crippen molar-refractivity contribution in [1.82, 2.24) is 9.71 Å². The molecule has 0 saturated heterocycles. The molecule has 2 unspecified atom stereocenters. The van der Waals surface area contributed by atoms with Gasteiger partial charge < -0.3 is 20.1 Å². The van der Waals surface area contributed by atoms with Gasteiger partial charge in [0.2, 0.25) is 0 Å². The number of nitrogens with two attached hydrogens (primary N) is 1. The van der Waals surface area contributed by atoms with E-state index in [2.05, 4.69) is 17.1 Å². The first-order chi connectivity index (χ1) is 16.5. The van der Waals surface area contributed by atoms with Crippen LogP contribution in [0.3, 0.4) is 0 Å². The summed E-state index contributed by atoms with van der Waals surface area (Å²) in [5, 5.41) is 2.38. The quantitative estimate of drug-likeness (QED) is 0.303. The monoisotopic (exact) mass is 479 g/mol. The van der Waals surface area contributed by atoms with Crippen LogP contribution in [0.25, 0.3) is 21.8 Å². The molecule has 7 nitrogen and oxygen atoms in total. The van der Waals surface area contributed by atoms with Crippen LogP contribution in [-0.4, -0.2) is 47.1 Å². The summed E-state index contributed by atoms with van der Waals surface area (Å²) in [5.41, 5.74) is 9.71. The molecule has 0 aliphatic carbocycles. The second-order valence-electron chi connectivity index (χ2n) is 7.66. The number of nitrogens with zero attached hydrogens (tertiary/aromatic N) is 2. The molecule has 34 heavy (non-hydrogen) atoms. The molecule has 2 aromatic heterocycles. The predicted molar refractivity (Wildman–Crippen MR) is 137 cm³/mol. The first-order valence-corrected chi connectivity index (χ1v) is 12.2. The zero-order chi connectivity index (χ0) is 24.5. The normalized spacial score (nSPS) is 12.5. The fourth-order valence-corrected chi connectivity index (χ4v) is 4.31. The van der Waals surface area contributed by atoms with Crippen molar-refractivity contribution in [2.45, 2.75) is 19.6 Å². The Bertz CT molecular complexity index is 1240. The van der Waals surface area contributed by atoms with Crippen molar-refractivity contribution in [2.24, 2.45) is 11.7 Å². The fourth-order valence-electron chi connectivity index (χ4n) is 3.64. The van der Waals surface area contributed by atoms with Crippen molar-refractivity contribution in [3.8, 4) is 0 Å². The first-order valence-electron chi connectivity index (χ1n) is 10.8. The van der Waals surface area contributed by atoms with Gasteiger partial charge in [-0.25, -0.2) is 0 Å². The Morgan fingerprint density at radius 2 is 1.82 bits per heavy atom. The number of aromatic nitrogens is 2. The van der Waals surface area contributed by atoms with E-state index < -0.39 is 17.9 Å². The fraction of sp³-hybridized carbons (Fsp3) is 0.269. The standard InChI is InChI=1S/C13H12N2O.C13H17NO3S/c1-9-13-11(7-8-14-9)10-5-3-4-6-12(10)15(13)16-2;1-18-9-11(7-15)12(14)13(16)17-8-10-5-3-2-4-6-10/h3-8H,1-2H3;2-7,11-12H,8-9,14H2,1H3. The molecule has 2 N–H and O–H groups in total. The lowest BCUT2D eigenvalue weighted by molar-refractivity contribution is -0.148. The van der Waals surface area contributed by atoms with E-state index in [1.54, 1.807) is 7.11 Å². The maximum absolute atomic E-state index is 11.7. The summed E-state index contributed by atoms with van der Waals surface area (Å²) in [5.74, 6) is -0.515. The molecule has 178 valence electrons. The van der Waals surface area contributed by atoms with Crippen molar-refractivity contribution in [3.05, 3.63) is 78.1 Å². The Morgan fingerprint density at radius 3 is 2.50 bits per heavy atom. The zero-order valence-electron chi connectivity index (χ0n) is 19.5. The van der Waals surface area contributed by atoms with E-state index in [4.69, 9.17) is 15.3 Å². The molecule has 0 saturated carbocycles.